The second kappa shape index (κ2) is 38.8. The minimum absolute atomic E-state index is 0.0132. The lowest BCUT2D eigenvalue weighted by Gasteiger charge is -2.18. The van der Waals surface area contributed by atoms with Gasteiger partial charge < -0.3 is 47.7 Å². The average Bonchev–Trinajstić information content (AvgIpc) is 3.03. The van der Waals surface area contributed by atoms with Gasteiger partial charge in [0.25, 0.3) is 0 Å². The average molecular weight is 639 g/mol. The monoisotopic (exact) mass is 638 g/mol. The van der Waals surface area contributed by atoms with Gasteiger partial charge in [-0.05, 0) is 20.3 Å². The molecule has 0 aromatic carbocycles. The first kappa shape index (κ1) is 43.6. The molecule has 0 aliphatic carbocycles. The minimum atomic E-state index is 0.0132. The number of unbranched alkanes of at least 4 members (excludes halogenated alkanes) is 11. The Morgan fingerprint density at radius 1 is 0.364 bits per heavy atom. The molecule has 0 amide bonds. The summed E-state index contributed by atoms with van der Waals surface area (Å²) in [6.45, 7) is 14.9. The van der Waals surface area contributed by atoms with E-state index in [1.54, 1.807) is 0 Å². The predicted molar refractivity (Wildman–Crippen MR) is 175 cm³/mol. The smallest absolute Gasteiger partial charge is 0.0781 e. The Morgan fingerprint density at radius 2 is 0.727 bits per heavy atom. The Balaban J connectivity index is 3.24. The molecular weight excluding hydrogens is 568 g/mol. The maximum Gasteiger partial charge on any atom is 0.0781 e. The van der Waals surface area contributed by atoms with Crippen LogP contribution < -0.4 is 0 Å². The molecule has 0 saturated heterocycles. The molecule has 10 heteroatoms. The van der Waals surface area contributed by atoms with Crippen molar-refractivity contribution in [1.29, 1.82) is 0 Å². The summed E-state index contributed by atoms with van der Waals surface area (Å²) in [5.74, 6) is 0. The first-order valence-electron chi connectivity index (χ1n) is 17.6. The molecule has 0 aliphatic heterocycles. The summed E-state index contributed by atoms with van der Waals surface area (Å²) in [6, 6.07) is 0. The van der Waals surface area contributed by atoms with E-state index in [-0.39, 0.29) is 18.8 Å². The highest BCUT2D eigenvalue weighted by Crippen LogP contribution is 2.12. The van der Waals surface area contributed by atoms with Gasteiger partial charge in [-0.1, -0.05) is 77.6 Å². The molecule has 0 fully saturated rings. The number of rotatable bonds is 39. The van der Waals surface area contributed by atoms with E-state index in [1.165, 1.54) is 70.6 Å². The Labute approximate surface area is 270 Å². The number of aliphatic hydroxyl groups excluding tert-OH is 1. The lowest BCUT2D eigenvalue weighted by Crippen LogP contribution is -2.24. The third kappa shape index (κ3) is 37.8. The maximum atomic E-state index is 8.59. The third-order valence-electron chi connectivity index (χ3n) is 6.84. The summed E-state index contributed by atoms with van der Waals surface area (Å²) in [5.41, 5.74) is 0. The van der Waals surface area contributed by atoms with E-state index in [2.05, 4.69) is 13.8 Å². The molecule has 0 aromatic rings. The van der Waals surface area contributed by atoms with Crippen LogP contribution in [0.5, 0.6) is 0 Å². The summed E-state index contributed by atoms with van der Waals surface area (Å²) in [5, 5.41) is 8.59. The van der Waals surface area contributed by atoms with E-state index < -0.39 is 0 Å². The highest BCUT2D eigenvalue weighted by molar-refractivity contribution is 4.54. The van der Waals surface area contributed by atoms with Crippen LogP contribution in [0.3, 0.4) is 0 Å². The van der Waals surface area contributed by atoms with Crippen LogP contribution in [-0.2, 0) is 42.6 Å². The molecule has 266 valence electrons. The molecule has 1 N–H and O–H groups in total. The highest BCUT2D eigenvalue weighted by Gasteiger charge is 2.07. The zero-order valence-electron chi connectivity index (χ0n) is 28.8. The summed E-state index contributed by atoms with van der Waals surface area (Å²) < 4.78 is 49.8. The van der Waals surface area contributed by atoms with E-state index in [4.69, 9.17) is 47.7 Å². The van der Waals surface area contributed by atoms with Crippen molar-refractivity contribution in [3.05, 3.63) is 0 Å². The van der Waals surface area contributed by atoms with Crippen molar-refractivity contribution in [2.75, 3.05) is 112 Å². The fraction of sp³-hybridized carbons (Fsp3) is 1.00. The van der Waals surface area contributed by atoms with Crippen molar-refractivity contribution in [1.82, 2.24) is 0 Å². The predicted octanol–water partition coefficient (Wildman–Crippen LogP) is 5.61. The zero-order valence-corrected chi connectivity index (χ0v) is 28.8. The molecule has 0 rings (SSSR count). The standard InChI is InChI=1S/C34H70O10/c1-4-5-6-7-8-9-10-11-12-13-14-15-17-42-31-33(2)44-32-34(3)43-30-29-41-28-27-40-26-25-39-24-23-38-22-21-37-20-19-36-18-16-35/h33-35H,4-32H2,1-3H3. The van der Waals surface area contributed by atoms with Crippen LogP contribution in [0.1, 0.15) is 97.8 Å². The van der Waals surface area contributed by atoms with Crippen molar-refractivity contribution >= 4 is 0 Å². The number of aliphatic hydroxyl groups is 1. The van der Waals surface area contributed by atoms with Gasteiger partial charge in [0.05, 0.1) is 118 Å². The molecule has 2 unspecified atom stereocenters. The van der Waals surface area contributed by atoms with Gasteiger partial charge in [-0.2, -0.15) is 0 Å². The van der Waals surface area contributed by atoms with Gasteiger partial charge >= 0.3 is 0 Å². The quantitative estimate of drug-likeness (QED) is 0.0856. The van der Waals surface area contributed by atoms with Crippen LogP contribution in [0.2, 0.25) is 0 Å². The molecule has 0 saturated carbocycles. The molecule has 0 aromatic heterocycles. The molecule has 0 bridgehead atoms. The van der Waals surface area contributed by atoms with Crippen LogP contribution in [0, 0.1) is 0 Å². The molecular formula is C34H70O10. The highest BCUT2D eigenvalue weighted by atomic mass is 16.6. The first-order valence-corrected chi connectivity index (χ1v) is 17.6. The van der Waals surface area contributed by atoms with Crippen molar-refractivity contribution < 1.29 is 47.7 Å². The first-order chi connectivity index (χ1) is 21.7. The van der Waals surface area contributed by atoms with E-state index in [0.717, 1.165) is 13.0 Å². The summed E-state index contributed by atoms with van der Waals surface area (Å²) >= 11 is 0. The molecule has 2 atom stereocenters. The molecule has 0 heterocycles. The van der Waals surface area contributed by atoms with Gasteiger partial charge in [-0.25, -0.2) is 0 Å². The van der Waals surface area contributed by atoms with Crippen LogP contribution in [0.4, 0.5) is 0 Å². The lowest BCUT2D eigenvalue weighted by atomic mass is 10.1. The lowest BCUT2D eigenvalue weighted by molar-refractivity contribution is -0.0689. The molecule has 0 spiro atoms. The number of ether oxygens (including phenoxy) is 9. The van der Waals surface area contributed by atoms with E-state index in [0.29, 0.717) is 99.1 Å². The second-order valence-electron chi connectivity index (χ2n) is 11.2. The Bertz CT molecular complexity index is 514. The zero-order chi connectivity index (χ0) is 32.0. The Kier molecular flexibility index (Phi) is 38.4. The van der Waals surface area contributed by atoms with Crippen LogP contribution >= 0.6 is 0 Å². The Morgan fingerprint density at radius 3 is 1.16 bits per heavy atom. The molecule has 0 aliphatic rings. The van der Waals surface area contributed by atoms with Gasteiger partial charge in [-0.15, -0.1) is 0 Å². The van der Waals surface area contributed by atoms with Crippen molar-refractivity contribution in [2.45, 2.75) is 110 Å². The fourth-order valence-electron chi connectivity index (χ4n) is 4.26. The van der Waals surface area contributed by atoms with Crippen LogP contribution in [0.15, 0.2) is 0 Å². The van der Waals surface area contributed by atoms with Crippen LogP contribution in [0.25, 0.3) is 0 Å². The van der Waals surface area contributed by atoms with Gasteiger partial charge in [0.15, 0.2) is 0 Å². The molecule has 44 heavy (non-hydrogen) atoms. The largest absolute Gasteiger partial charge is 0.394 e. The van der Waals surface area contributed by atoms with E-state index in [1.807, 2.05) is 6.92 Å². The normalized spacial score (nSPS) is 13.1. The summed E-state index contributed by atoms with van der Waals surface area (Å²) in [4.78, 5) is 0. The van der Waals surface area contributed by atoms with Crippen molar-refractivity contribution in [3.63, 3.8) is 0 Å². The SMILES string of the molecule is CCCCCCCCCCCCCCOCC(C)OCC(C)OCCOCCOCCOCCOCCOCCOCCO. The number of hydrogen-bond donors (Lipinski definition) is 1. The minimum Gasteiger partial charge on any atom is -0.394 e. The molecule has 0 radical (unpaired) electrons. The summed E-state index contributed by atoms with van der Waals surface area (Å²) in [6.07, 6.45) is 16.4. The van der Waals surface area contributed by atoms with Crippen LogP contribution in [-0.4, -0.2) is 130 Å². The molecule has 10 nitrogen and oxygen atoms in total. The summed E-state index contributed by atoms with van der Waals surface area (Å²) in [7, 11) is 0. The number of hydrogen-bond acceptors (Lipinski definition) is 10. The van der Waals surface area contributed by atoms with Gasteiger partial charge in [0.1, 0.15) is 0 Å². The van der Waals surface area contributed by atoms with Crippen molar-refractivity contribution in [2.24, 2.45) is 0 Å². The van der Waals surface area contributed by atoms with Gasteiger partial charge in [-0.3, -0.25) is 0 Å². The fourth-order valence-corrected chi connectivity index (χ4v) is 4.26. The van der Waals surface area contributed by atoms with E-state index in [9.17, 15) is 0 Å². The maximum absolute atomic E-state index is 8.59. The van der Waals surface area contributed by atoms with Crippen molar-refractivity contribution in [3.8, 4) is 0 Å². The topological polar surface area (TPSA) is 103 Å². The third-order valence-corrected chi connectivity index (χ3v) is 6.84. The van der Waals surface area contributed by atoms with Gasteiger partial charge in [0.2, 0.25) is 0 Å². The van der Waals surface area contributed by atoms with E-state index >= 15 is 0 Å². The Hall–Kier alpha value is -0.400. The second-order valence-corrected chi connectivity index (χ2v) is 11.2. The van der Waals surface area contributed by atoms with Gasteiger partial charge in [0, 0.05) is 6.61 Å².